The van der Waals surface area contributed by atoms with Crippen molar-refractivity contribution in [1.29, 1.82) is 0 Å². The number of nitrogens with two attached hydrogens (primary N) is 1. The molecule has 2 rings (SSSR count). The van der Waals surface area contributed by atoms with Gasteiger partial charge in [0.25, 0.3) is 10.0 Å². The molecule has 2 aromatic rings. The van der Waals surface area contributed by atoms with Crippen molar-refractivity contribution in [2.24, 2.45) is 0 Å². The normalized spacial score (nSPS) is 11.7. The van der Waals surface area contributed by atoms with E-state index in [9.17, 15) is 8.42 Å². The van der Waals surface area contributed by atoms with E-state index in [-0.39, 0.29) is 15.9 Å². The molecule has 0 fully saturated rings. The van der Waals surface area contributed by atoms with E-state index in [0.717, 1.165) is 22.6 Å². The van der Waals surface area contributed by atoms with Crippen LogP contribution in [0.4, 0.5) is 5.13 Å². The van der Waals surface area contributed by atoms with E-state index in [1.807, 2.05) is 19.1 Å². The zero-order chi connectivity index (χ0) is 14.0. The minimum atomic E-state index is -3.58. The topological polar surface area (TPSA) is 98.0 Å². The van der Waals surface area contributed by atoms with E-state index in [1.165, 1.54) is 0 Å². The molecule has 3 N–H and O–H groups in total. The molecule has 2 aromatic heterocycles. The number of nitrogen functional groups attached to an aromatic ring is 1. The van der Waals surface area contributed by atoms with Crippen molar-refractivity contribution in [3.63, 3.8) is 0 Å². The molecule has 0 aliphatic carbocycles. The molecule has 0 aliphatic heterocycles. The molecule has 19 heavy (non-hydrogen) atoms. The predicted molar refractivity (Wildman–Crippen MR) is 74.3 cm³/mol. The molecule has 6 nitrogen and oxygen atoms in total. The summed E-state index contributed by atoms with van der Waals surface area (Å²) in [4.78, 5) is 8.02. The van der Waals surface area contributed by atoms with E-state index < -0.39 is 10.0 Å². The molecule has 0 radical (unpaired) electrons. The van der Waals surface area contributed by atoms with Gasteiger partial charge < -0.3 is 5.73 Å². The Kier molecular flexibility index (Phi) is 3.83. The number of pyridine rings is 1. The summed E-state index contributed by atoms with van der Waals surface area (Å²) in [6, 6.07) is 3.66. The van der Waals surface area contributed by atoms with Crippen LogP contribution in [0.1, 0.15) is 17.0 Å². The van der Waals surface area contributed by atoms with E-state index in [2.05, 4.69) is 14.7 Å². The molecule has 0 atom stereocenters. The summed E-state index contributed by atoms with van der Waals surface area (Å²) in [6.45, 7) is 3.68. The summed E-state index contributed by atoms with van der Waals surface area (Å²) in [5.41, 5.74) is 7.60. The number of anilines is 1. The summed E-state index contributed by atoms with van der Waals surface area (Å²) in [6.07, 6.45) is 1.64. The highest BCUT2D eigenvalue weighted by Crippen LogP contribution is 2.24. The van der Waals surface area contributed by atoms with Gasteiger partial charge in [-0.3, -0.25) is 4.98 Å². The van der Waals surface area contributed by atoms with E-state index in [4.69, 9.17) is 5.73 Å². The molecule has 0 saturated heterocycles. The van der Waals surface area contributed by atoms with Crippen LogP contribution < -0.4 is 10.5 Å². The first-order valence-corrected chi connectivity index (χ1v) is 7.82. The van der Waals surface area contributed by atoms with Gasteiger partial charge in [0, 0.05) is 18.4 Å². The van der Waals surface area contributed by atoms with Gasteiger partial charge in [0.1, 0.15) is 0 Å². The molecular formula is C11H14N4O2S2. The van der Waals surface area contributed by atoms with Gasteiger partial charge in [0.05, 0.1) is 5.69 Å². The first-order chi connectivity index (χ1) is 8.88. The molecule has 0 saturated carbocycles. The van der Waals surface area contributed by atoms with E-state index >= 15 is 0 Å². The van der Waals surface area contributed by atoms with E-state index in [0.29, 0.717) is 5.69 Å². The number of sulfonamides is 1. The number of aryl methyl sites for hydroxylation is 2. The Labute approximate surface area is 115 Å². The lowest BCUT2D eigenvalue weighted by Crippen LogP contribution is -2.23. The molecular weight excluding hydrogens is 284 g/mol. The standard InChI is InChI=1S/C11H14N4O2S2/c1-7-3-4-9(5-13-7)6-14-19(16,17)10-8(2)15-11(12)18-10/h3-5,14H,6H2,1-2H3,(H2,12,15). The van der Waals surface area contributed by atoms with Gasteiger partial charge in [-0.1, -0.05) is 17.4 Å². The lowest BCUT2D eigenvalue weighted by atomic mass is 10.2. The van der Waals surface area contributed by atoms with Crippen LogP contribution in [0.15, 0.2) is 22.5 Å². The molecule has 8 heteroatoms. The highest BCUT2D eigenvalue weighted by atomic mass is 32.2. The lowest BCUT2D eigenvalue weighted by Gasteiger charge is -2.05. The fraction of sp³-hybridized carbons (Fsp3) is 0.273. The molecule has 102 valence electrons. The summed E-state index contributed by atoms with van der Waals surface area (Å²) in [5, 5.41) is 0.245. The highest BCUT2D eigenvalue weighted by molar-refractivity contribution is 7.91. The van der Waals surface area contributed by atoms with Crippen LogP contribution in [-0.4, -0.2) is 18.4 Å². The van der Waals surface area contributed by atoms with E-state index in [1.54, 1.807) is 13.1 Å². The fourth-order valence-corrected chi connectivity index (χ4v) is 3.86. The Bertz CT molecular complexity index is 677. The molecule has 0 spiro atoms. The van der Waals surface area contributed by atoms with Crippen LogP contribution in [0.3, 0.4) is 0 Å². The molecule has 0 bridgehead atoms. The average molecular weight is 298 g/mol. The monoisotopic (exact) mass is 298 g/mol. The Balaban J connectivity index is 2.14. The minimum Gasteiger partial charge on any atom is -0.375 e. The van der Waals surface area contributed by atoms with Gasteiger partial charge in [-0.25, -0.2) is 18.1 Å². The third-order valence-electron chi connectivity index (χ3n) is 2.45. The second-order valence-electron chi connectivity index (χ2n) is 4.06. The van der Waals surface area contributed by atoms with Gasteiger partial charge in [0.2, 0.25) is 0 Å². The SMILES string of the molecule is Cc1ccc(CNS(=O)(=O)c2sc(N)nc2C)cn1. The van der Waals surface area contributed by atoms with Gasteiger partial charge in [0.15, 0.2) is 9.34 Å². The molecule has 0 amide bonds. The zero-order valence-corrected chi connectivity index (χ0v) is 12.2. The van der Waals surface area contributed by atoms with Crippen LogP contribution in [0.25, 0.3) is 0 Å². The second-order valence-corrected chi connectivity index (χ2v) is 7.05. The Morgan fingerprint density at radius 1 is 1.37 bits per heavy atom. The molecule has 2 heterocycles. The molecule has 0 unspecified atom stereocenters. The zero-order valence-electron chi connectivity index (χ0n) is 10.5. The number of hydrogen-bond donors (Lipinski definition) is 2. The van der Waals surface area contributed by atoms with Crippen molar-refractivity contribution < 1.29 is 8.42 Å². The van der Waals surface area contributed by atoms with Crippen molar-refractivity contribution in [1.82, 2.24) is 14.7 Å². The van der Waals surface area contributed by atoms with Crippen LogP contribution in [-0.2, 0) is 16.6 Å². The fourth-order valence-electron chi connectivity index (χ4n) is 1.50. The summed E-state index contributed by atoms with van der Waals surface area (Å²) in [5.74, 6) is 0. The maximum atomic E-state index is 12.1. The average Bonchev–Trinajstić information content (AvgIpc) is 2.69. The van der Waals surface area contributed by atoms with Crippen molar-refractivity contribution in [3.8, 4) is 0 Å². The maximum absolute atomic E-state index is 12.1. The maximum Gasteiger partial charge on any atom is 0.252 e. The first-order valence-electron chi connectivity index (χ1n) is 5.52. The quantitative estimate of drug-likeness (QED) is 0.884. The summed E-state index contributed by atoms with van der Waals surface area (Å²) >= 11 is 0.959. The predicted octanol–water partition coefficient (Wildman–Crippen LogP) is 1.22. The first kappa shape index (κ1) is 13.9. The summed E-state index contributed by atoms with van der Waals surface area (Å²) < 4.78 is 26.8. The van der Waals surface area contributed by atoms with Gasteiger partial charge in [-0.2, -0.15) is 0 Å². The lowest BCUT2D eigenvalue weighted by molar-refractivity contribution is 0.582. The third kappa shape index (κ3) is 3.28. The molecule has 0 aromatic carbocycles. The number of nitrogens with one attached hydrogen (secondary N) is 1. The third-order valence-corrected chi connectivity index (χ3v) is 5.45. The number of thiazole rings is 1. The largest absolute Gasteiger partial charge is 0.375 e. The van der Waals surface area contributed by atoms with Crippen molar-refractivity contribution >= 4 is 26.5 Å². The minimum absolute atomic E-state index is 0.157. The van der Waals surface area contributed by atoms with Crippen LogP contribution in [0.5, 0.6) is 0 Å². The number of aromatic nitrogens is 2. The van der Waals surface area contributed by atoms with Gasteiger partial charge >= 0.3 is 0 Å². The number of rotatable bonds is 4. The smallest absolute Gasteiger partial charge is 0.252 e. The van der Waals surface area contributed by atoms with Crippen LogP contribution in [0, 0.1) is 13.8 Å². The van der Waals surface area contributed by atoms with Crippen LogP contribution >= 0.6 is 11.3 Å². The van der Waals surface area contributed by atoms with Gasteiger partial charge in [-0.05, 0) is 25.5 Å². The number of nitrogens with zero attached hydrogens (tertiary/aromatic N) is 2. The van der Waals surface area contributed by atoms with Crippen LogP contribution in [0.2, 0.25) is 0 Å². The molecule has 0 aliphatic rings. The van der Waals surface area contributed by atoms with Crippen molar-refractivity contribution in [3.05, 3.63) is 35.3 Å². The van der Waals surface area contributed by atoms with Gasteiger partial charge in [-0.15, -0.1) is 0 Å². The second kappa shape index (κ2) is 5.24. The van der Waals surface area contributed by atoms with Crippen molar-refractivity contribution in [2.75, 3.05) is 5.73 Å². The Morgan fingerprint density at radius 3 is 2.63 bits per heavy atom. The number of hydrogen-bond acceptors (Lipinski definition) is 6. The Hall–Kier alpha value is -1.51. The summed E-state index contributed by atoms with van der Waals surface area (Å²) in [7, 11) is -3.58. The Morgan fingerprint density at radius 2 is 2.11 bits per heavy atom. The highest BCUT2D eigenvalue weighted by Gasteiger charge is 2.20. The van der Waals surface area contributed by atoms with Crippen molar-refractivity contribution in [2.45, 2.75) is 24.6 Å².